The maximum atomic E-state index is 12.5. The van der Waals surface area contributed by atoms with Crippen molar-refractivity contribution in [2.45, 2.75) is 32.4 Å². The Kier molecular flexibility index (Phi) is 6.58. The summed E-state index contributed by atoms with van der Waals surface area (Å²) in [6, 6.07) is 9.53. The molecule has 1 aromatic heterocycles. The van der Waals surface area contributed by atoms with Crippen LogP contribution in [0.4, 0.5) is 5.69 Å². The first-order chi connectivity index (χ1) is 13.4. The van der Waals surface area contributed by atoms with Crippen LogP contribution in [0.5, 0.6) is 0 Å². The van der Waals surface area contributed by atoms with Gasteiger partial charge in [0.15, 0.2) is 4.77 Å². The molecule has 28 heavy (non-hydrogen) atoms. The van der Waals surface area contributed by atoms with Crippen LogP contribution in [0.3, 0.4) is 0 Å². The molecule has 1 aromatic carbocycles. The fraction of sp³-hybridized carbons (Fsp3) is 0.474. The Labute approximate surface area is 169 Å². The third-order valence-corrected chi connectivity index (χ3v) is 5.54. The highest BCUT2D eigenvalue weighted by Gasteiger charge is 2.25. The summed E-state index contributed by atoms with van der Waals surface area (Å²) in [4.78, 5) is 25.7. The van der Waals surface area contributed by atoms with Crippen LogP contribution in [0.15, 0.2) is 30.3 Å². The minimum atomic E-state index is -0.351. The first kappa shape index (κ1) is 20.2. The number of para-hydroxylation sites is 1. The number of hydrogen-bond acceptors (Lipinski definition) is 5. The maximum absolute atomic E-state index is 12.5. The molecule has 0 spiro atoms. The van der Waals surface area contributed by atoms with E-state index < -0.39 is 0 Å². The number of aryl methyl sites for hydroxylation is 1. The first-order valence-electron chi connectivity index (χ1n) is 9.43. The summed E-state index contributed by atoms with van der Waals surface area (Å²) in [6.07, 6.45) is 2.33. The van der Waals surface area contributed by atoms with Crippen molar-refractivity contribution in [3.63, 3.8) is 0 Å². The molecule has 1 aliphatic heterocycles. The van der Waals surface area contributed by atoms with E-state index in [0.717, 1.165) is 37.4 Å². The van der Waals surface area contributed by atoms with Gasteiger partial charge in [-0.3, -0.25) is 14.5 Å². The summed E-state index contributed by atoms with van der Waals surface area (Å²) >= 11 is 5.46. The number of nitrogens with one attached hydrogen (secondary N) is 1. The molecule has 9 heteroatoms. The number of hydrogen-bond donors (Lipinski definition) is 2. The van der Waals surface area contributed by atoms with Crippen LogP contribution in [-0.2, 0) is 29.7 Å². The number of benzene rings is 1. The van der Waals surface area contributed by atoms with Gasteiger partial charge in [0, 0.05) is 44.6 Å². The molecule has 0 aliphatic carbocycles. The third kappa shape index (κ3) is 5.05. The van der Waals surface area contributed by atoms with Crippen molar-refractivity contribution >= 4 is 29.7 Å². The molecule has 8 nitrogen and oxygen atoms in total. The maximum Gasteiger partial charge on any atom is 0.227 e. The lowest BCUT2D eigenvalue weighted by atomic mass is 9.96. The molecule has 0 atom stereocenters. The van der Waals surface area contributed by atoms with E-state index in [-0.39, 0.29) is 24.2 Å². The number of nitrogens with zero attached hydrogens (tertiary/aromatic N) is 4. The lowest BCUT2D eigenvalue weighted by Gasteiger charge is -2.30. The molecule has 2 amide bonds. The average Bonchev–Trinajstić information content (AvgIpc) is 2.95. The summed E-state index contributed by atoms with van der Waals surface area (Å²) in [5, 5.41) is 7.52. The van der Waals surface area contributed by atoms with Crippen molar-refractivity contribution in [1.82, 2.24) is 19.2 Å². The number of nitrogens with two attached hydrogens (primary N) is 1. The fourth-order valence-corrected chi connectivity index (χ4v) is 3.57. The summed E-state index contributed by atoms with van der Waals surface area (Å²) in [5.41, 5.74) is 6.05. The Morgan fingerprint density at radius 1 is 1.25 bits per heavy atom. The molecular formula is C19H26N6O2S. The van der Waals surface area contributed by atoms with E-state index in [1.807, 2.05) is 41.9 Å². The number of aromatic nitrogens is 3. The van der Waals surface area contributed by atoms with Crippen LogP contribution in [0.25, 0.3) is 0 Å². The number of piperidine rings is 1. The van der Waals surface area contributed by atoms with Crippen molar-refractivity contribution in [1.29, 1.82) is 0 Å². The zero-order chi connectivity index (χ0) is 20.1. The van der Waals surface area contributed by atoms with E-state index in [2.05, 4.69) is 15.3 Å². The van der Waals surface area contributed by atoms with Gasteiger partial charge in [-0.15, -0.1) is 0 Å². The van der Waals surface area contributed by atoms with E-state index in [4.69, 9.17) is 18.0 Å². The van der Waals surface area contributed by atoms with Gasteiger partial charge in [0.1, 0.15) is 5.82 Å². The van der Waals surface area contributed by atoms with Gasteiger partial charge in [0.25, 0.3) is 0 Å². The van der Waals surface area contributed by atoms with Crippen molar-refractivity contribution < 1.29 is 9.59 Å². The zero-order valence-electron chi connectivity index (χ0n) is 16.0. The van der Waals surface area contributed by atoms with Crippen LogP contribution in [0.2, 0.25) is 0 Å². The summed E-state index contributed by atoms with van der Waals surface area (Å²) < 4.78 is 4.21. The second-order valence-electron chi connectivity index (χ2n) is 7.11. The monoisotopic (exact) mass is 402 g/mol. The van der Waals surface area contributed by atoms with Crippen LogP contribution < -0.4 is 11.1 Å². The second kappa shape index (κ2) is 9.11. The highest BCUT2D eigenvalue weighted by Crippen LogP contribution is 2.20. The first-order valence-corrected chi connectivity index (χ1v) is 9.84. The standard InChI is InChI=1S/C19H26N6O2S/c1-23-17(8-7-16(20)26)22-25(19(23)28)13-24-11-9-14(10-12-24)18(27)21-15-5-3-2-4-6-15/h2-6,14H,7-13H2,1H3,(H2,20,26)(H,21,27). The van der Waals surface area contributed by atoms with Crippen molar-refractivity contribution in [2.75, 3.05) is 18.4 Å². The Bertz CT molecular complexity index is 884. The summed E-state index contributed by atoms with van der Waals surface area (Å²) in [7, 11) is 1.85. The van der Waals surface area contributed by atoms with Gasteiger partial charge in [0.2, 0.25) is 11.8 Å². The number of carbonyl (C=O) groups is 2. The van der Waals surface area contributed by atoms with Gasteiger partial charge < -0.3 is 15.6 Å². The third-order valence-electron chi connectivity index (χ3n) is 5.06. The lowest BCUT2D eigenvalue weighted by Crippen LogP contribution is -2.39. The quantitative estimate of drug-likeness (QED) is 0.687. The molecule has 0 radical (unpaired) electrons. The predicted molar refractivity (Wildman–Crippen MR) is 109 cm³/mol. The minimum Gasteiger partial charge on any atom is -0.370 e. The van der Waals surface area contributed by atoms with Gasteiger partial charge in [-0.1, -0.05) is 18.2 Å². The van der Waals surface area contributed by atoms with E-state index >= 15 is 0 Å². The van der Waals surface area contributed by atoms with E-state index in [0.29, 0.717) is 17.9 Å². The largest absolute Gasteiger partial charge is 0.370 e. The highest BCUT2D eigenvalue weighted by atomic mass is 32.1. The van der Waals surface area contributed by atoms with Crippen LogP contribution >= 0.6 is 12.2 Å². The number of anilines is 1. The second-order valence-corrected chi connectivity index (χ2v) is 7.48. The van der Waals surface area contributed by atoms with Crippen LogP contribution in [-0.4, -0.2) is 44.2 Å². The van der Waals surface area contributed by atoms with Crippen molar-refractivity contribution in [3.05, 3.63) is 40.9 Å². The molecule has 0 bridgehead atoms. The molecule has 1 aliphatic rings. The van der Waals surface area contributed by atoms with Crippen LogP contribution in [0, 0.1) is 10.7 Å². The number of rotatable bonds is 7. The Balaban J connectivity index is 1.53. The minimum absolute atomic E-state index is 0.0132. The van der Waals surface area contributed by atoms with E-state index in [1.165, 1.54) is 0 Å². The number of primary amides is 1. The number of amides is 2. The van der Waals surface area contributed by atoms with E-state index in [1.54, 1.807) is 4.68 Å². The van der Waals surface area contributed by atoms with Gasteiger partial charge >= 0.3 is 0 Å². The molecular weight excluding hydrogens is 376 g/mol. The molecule has 0 unspecified atom stereocenters. The number of likely N-dealkylation sites (tertiary alicyclic amines) is 1. The summed E-state index contributed by atoms with van der Waals surface area (Å²) in [5.74, 6) is 0.491. The normalized spacial score (nSPS) is 15.5. The van der Waals surface area contributed by atoms with Gasteiger partial charge in [-0.25, -0.2) is 4.68 Å². The van der Waals surface area contributed by atoms with Crippen molar-refractivity contribution in [2.24, 2.45) is 18.7 Å². The van der Waals surface area contributed by atoms with Crippen molar-refractivity contribution in [3.8, 4) is 0 Å². The topological polar surface area (TPSA) is 98.2 Å². The molecule has 0 saturated carbocycles. The average molecular weight is 403 g/mol. The zero-order valence-corrected chi connectivity index (χ0v) is 16.8. The smallest absolute Gasteiger partial charge is 0.227 e. The summed E-state index contributed by atoms with van der Waals surface area (Å²) in [6.45, 7) is 2.19. The van der Waals surface area contributed by atoms with Gasteiger partial charge in [0.05, 0.1) is 6.67 Å². The molecule has 2 aromatic rings. The lowest BCUT2D eigenvalue weighted by molar-refractivity contribution is -0.121. The molecule has 2 heterocycles. The highest BCUT2D eigenvalue weighted by molar-refractivity contribution is 7.71. The Hall–Kier alpha value is -2.52. The van der Waals surface area contributed by atoms with Crippen LogP contribution in [0.1, 0.15) is 25.1 Å². The molecule has 150 valence electrons. The molecule has 1 fully saturated rings. The molecule has 1 saturated heterocycles. The predicted octanol–water partition coefficient (Wildman–Crippen LogP) is 1.68. The molecule has 3 N–H and O–H groups in total. The van der Waals surface area contributed by atoms with Gasteiger partial charge in [-0.2, -0.15) is 5.10 Å². The molecule has 3 rings (SSSR count). The van der Waals surface area contributed by atoms with Gasteiger partial charge in [-0.05, 0) is 37.2 Å². The van der Waals surface area contributed by atoms with E-state index in [9.17, 15) is 9.59 Å². The number of carbonyl (C=O) groups excluding carboxylic acids is 2. The fourth-order valence-electron chi connectivity index (χ4n) is 3.37. The Morgan fingerprint density at radius 3 is 2.57 bits per heavy atom. The Morgan fingerprint density at radius 2 is 1.93 bits per heavy atom. The SMILES string of the molecule is Cn1c(CCC(N)=O)nn(CN2CCC(C(=O)Nc3ccccc3)CC2)c1=S.